The molecule has 1 saturated heterocycles. The second-order valence-corrected chi connectivity index (χ2v) is 9.28. The third kappa shape index (κ3) is 5.82. The fourth-order valence-corrected chi connectivity index (χ4v) is 4.60. The van der Waals surface area contributed by atoms with Gasteiger partial charge in [-0.1, -0.05) is 64.5 Å². The zero-order chi connectivity index (χ0) is 23.2. The largest absolute Gasteiger partial charge is 0.371 e. The van der Waals surface area contributed by atoms with Crippen LogP contribution in [0, 0.1) is 0 Å². The van der Waals surface area contributed by atoms with E-state index in [2.05, 4.69) is 31.5 Å². The van der Waals surface area contributed by atoms with E-state index in [4.69, 9.17) is 0 Å². The van der Waals surface area contributed by atoms with Gasteiger partial charge in [0.05, 0.1) is 11.6 Å². The highest BCUT2D eigenvalue weighted by molar-refractivity contribution is 9.10. The van der Waals surface area contributed by atoms with Gasteiger partial charge in [0, 0.05) is 34.9 Å². The summed E-state index contributed by atoms with van der Waals surface area (Å²) in [6.07, 6.45) is 1.66. The lowest BCUT2D eigenvalue weighted by Crippen LogP contribution is -2.45. The number of hydrogen-bond acceptors (Lipinski definition) is 3. The first-order valence-electron chi connectivity index (χ1n) is 11.3. The number of nitrogens with zero attached hydrogens (tertiary/aromatic N) is 1. The highest BCUT2D eigenvalue weighted by Crippen LogP contribution is 2.25. The molecule has 4 rings (SSSR count). The summed E-state index contributed by atoms with van der Waals surface area (Å²) in [6, 6.07) is 25.2. The molecule has 1 heterocycles. The number of piperidine rings is 1. The molecule has 0 saturated carbocycles. The third-order valence-electron chi connectivity index (χ3n) is 6.05. The van der Waals surface area contributed by atoms with E-state index >= 15 is 0 Å². The maximum absolute atomic E-state index is 13.1. The molecule has 5 nitrogen and oxygen atoms in total. The van der Waals surface area contributed by atoms with Gasteiger partial charge in [-0.05, 0) is 55.7 Å². The predicted octanol–water partition coefficient (Wildman–Crippen LogP) is 5.34. The Morgan fingerprint density at radius 1 is 0.909 bits per heavy atom. The molecule has 170 valence electrons. The maximum Gasteiger partial charge on any atom is 0.253 e. The van der Waals surface area contributed by atoms with Crippen molar-refractivity contribution in [3.8, 4) is 0 Å². The van der Waals surface area contributed by atoms with Crippen LogP contribution in [-0.2, 0) is 0 Å². The molecule has 1 atom stereocenters. The molecule has 6 heteroatoms. The number of amides is 2. The first-order valence-corrected chi connectivity index (χ1v) is 12.1. The van der Waals surface area contributed by atoms with Crippen molar-refractivity contribution >= 4 is 33.4 Å². The van der Waals surface area contributed by atoms with Crippen molar-refractivity contribution in [1.29, 1.82) is 0 Å². The van der Waals surface area contributed by atoms with E-state index < -0.39 is 0 Å². The molecule has 0 bridgehead atoms. The molecule has 0 spiro atoms. The number of halogens is 1. The van der Waals surface area contributed by atoms with Gasteiger partial charge in [-0.3, -0.25) is 9.59 Å². The number of carbonyl (C=O) groups is 2. The first-order chi connectivity index (χ1) is 16.0. The number of para-hydroxylation sites is 1. The number of benzene rings is 3. The van der Waals surface area contributed by atoms with E-state index in [0.29, 0.717) is 11.1 Å². The molecular formula is C27H28BrN3O2. The minimum Gasteiger partial charge on any atom is -0.371 e. The third-order valence-corrected chi connectivity index (χ3v) is 6.55. The zero-order valence-corrected chi connectivity index (χ0v) is 20.2. The van der Waals surface area contributed by atoms with Crippen LogP contribution >= 0.6 is 15.9 Å². The van der Waals surface area contributed by atoms with Gasteiger partial charge < -0.3 is 15.5 Å². The molecule has 0 radical (unpaired) electrons. The average molecular weight is 506 g/mol. The first kappa shape index (κ1) is 23.1. The molecule has 0 aliphatic carbocycles. The minimum absolute atomic E-state index is 0.0515. The lowest BCUT2D eigenvalue weighted by atomic mass is 10.0. The monoisotopic (exact) mass is 505 g/mol. The van der Waals surface area contributed by atoms with Crippen LogP contribution in [-0.4, -0.2) is 30.9 Å². The maximum atomic E-state index is 13.1. The molecule has 3 aromatic rings. The molecule has 3 aromatic carbocycles. The fourth-order valence-electron chi connectivity index (χ4n) is 4.20. The summed E-state index contributed by atoms with van der Waals surface area (Å²) in [6.45, 7) is 3.55. The van der Waals surface area contributed by atoms with Crippen molar-refractivity contribution < 1.29 is 9.59 Å². The van der Waals surface area contributed by atoms with Crippen LogP contribution in [0.1, 0.15) is 52.1 Å². The summed E-state index contributed by atoms with van der Waals surface area (Å²) in [7, 11) is 0. The van der Waals surface area contributed by atoms with Gasteiger partial charge in [-0.25, -0.2) is 0 Å². The second kappa shape index (κ2) is 10.7. The number of rotatable bonds is 6. The lowest BCUT2D eigenvalue weighted by molar-refractivity contribution is 0.0928. The smallest absolute Gasteiger partial charge is 0.253 e. The molecule has 0 aromatic heterocycles. The zero-order valence-electron chi connectivity index (χ0n) is 18.6. The highest BCUT2D eigenvalue weighted by Gasteiger charge is 2.24. The van der Waals surface area contributed by atoms with Gasteiger partial charge in [0.15, 0.2) is 0 Å². The van der Waals surface area contributed by atoms with Crippen molar-refractivity contribution in [3.63, 3.8) is 0 Å². The molecular weight excluding hydrogens is 478 g/mol. The van der Waals surface area contributed by atoms with Crippen molar-refractivity contribution in [2.24, 2.45) is 0 Å². The van der Waals surface area contributed by atoms with E-state index in [0.717, 1.165) is 41.7 Å². The Labute approximate surface area is 203 Å². The average Bonchev–Trinajstić information content (AvgIpc) is 2.85. The Morgan fingerprint density at radius 2 is 1.61 bits per heavy atom. The second-order valence-electron chi connectivity index (χ2n) is 8.37. The van der Waals surface area contributed by atoms with E-state index in [9.17, 15) is 9.59 Å². The topological polar surface area (TPSA) is 61.4 Å². The summed E-state index contributed by atoms with van der Waals surface area (Å²) < 4.78 is 0.890. The van der Waals surface area contributed by atoms with Crippen LogP contribution in [0.25, 0.3) is 0 Å². The van der Waals surface area contributed by atoms with E-state index in [1.165, 1.54) is 0 Å². The van der Waals surface area contributed by atoms with E-state index in [1.807, 2.05) is 85.8 Å². The predicted molar refractivity (Wildman–Crippen MR) is 136 cm³/mol. The van der Waals surface area contributed by atoms with Gasteiger partial charge in [-0.15, -0.1) is 0 Å². The van der Waals surface area contributed by atoms with Gasteiger partial charge in [0.25, 0.3) is 11.8 Å². The summed E-state index contributed by atoms with van der Waals surface area (Å²) in [5.74, 6) is -0.128. The number of carbonyl (C=O) groups excluding carboxylic acids is 2. The van der Waals surface area contributed by atoms with Crippen LogP contribution in [0.4, 0.5) is 5.69 Å². The summed E-state index contributed by atoms with van der Waals surface area (Å²) in [5, 5.41) is 6.27. The quantitative estimate of drug-likeness (QED) is 0.475. The summed E-state index contributed by atoms with van der Waals surface area (Å²) in [5.41, 5.74) is 3.34. The number of hydrogen-bond donors (Lipinski definition) is 2. The summed E-state index contributed by atoms with van der Waals surface area (Å²) >= 11 is 3.42. The number of anilines is 1. The van der Waals surface area contributed by atoms with E-state index in [1.54, 1.807) is 0 Å². The molecule has 1 unspecified atom stereocenters. The van der Waals surface area contributed by atoms with Crippen molar-refractivity contribution in [1.82, 2.24) is 10.6 Å². The van der Waals surface area contributed by atoms with Gasteiger partial charge >= 0.3 is 0 Å². The van der Waals surface area contributed by atoms with Crippen LogP contribution in [0.2, 0.25) is 0 Å². The molecule has 2 N–H and O–H groups in total. The van der Waals surface area contributed by atoms with Crippen LogP contribution in [0.15, 0.2) is 83.3 Å². The fraction of sp³-hybridized carbons (Fsp3) is 0.259. The van der Waals surface area contributed by atoms with Gasteiger partial charge in [0.2, 0.25) is 0 Å². The Morgan fingerprint density at radius 3 is 2.33 bits per heavy atom. The molecule has 1 aliphatic rings. The van der Waals surface area contributed by atoms with Crippen molar-refractivity contribution in [2.45, 2.75) is 31.8 Å². The van der Waals surface area contributed by atoms with Crippen LogP contribution in [0.5, 0.6) is 0 Å². The highest BCUT2D eigenvalue weighted by atomic mass is 79.9. The Hall–Kier alpha value is -3.12. The van der Waals surface area contributed by atoms with Crippen molar-refractivity contribution in [3.05, 3.63) is 100 Å². The van der Waals surface area contributed by atoms with Gasteiger partial charge in [-0.2, -0.15) is 0 Å². The molecule has 1 fully saturated rings. The van der Waals surface area contributed by atoms with E-state index in [-0.39, 0.29) is 23.9 Å². The SMILES string of the molecule is CC(NC(=O)c1ccccc1N1CCC(NC(=O)c2cccc(Br)c2)CC1)c1ccccc1. The minimum atomic E-state index is -0.0780. The molecule has 33 heavy (non-hydrogen) atoms. The molecule has 2 amide bonds. The Kier molecular flexibility index (Phi) is 7.45. The standard InChI is InChI=1S/C27H28BrN3O2/c1-19(20-8-3-2-4-9-20)29-27(33)24-12-5-6-13-25(24)31-16-14-23(15-17-31)30-26(32)21-10-7-11-22(28)18-21/h2-13,18-19,23H,14-17H2,1H3,(H,29,33)(H,30,32). The number of nitrogens with one attached hydrogen (secondary N) is 2. The summed E-state index contributed by atoms with van der Waals surface area (Å²) in [4.78, 5) is 27.9. The lowest BCUT2D eigenvalue weighted by Gasteiger charge is -2.35. The van der Waals surface area contributed by atoms with Crippen LogP contribution in [0.3, 0.4) is 0 Å². The van der Waals surface area contributed by atoms with Crippen molar-refractivity contribution in [2.75, 3.05) is 18.0 Å². The van der Waals surface area contributed by atoms with Gasteiger partial charge in [0.1, 0.15) is 0 Å². The normalized spacial score (nSPS) is 15.0. The van der Waals surface area contributed by atoms with Crippen LogP contribution < -0.4 is 15.5 Å². The Balaban J connectivity index is 1.38. The Bertz CT molecular complexity index is 1110. The molecule has 1 aliphatic heterocycles.